The van der Waals surface area contributed by atoms with Crippen molar-refractivity contribution in [1.82, 2.24) is 20.1 Å². The summed E-state index contributed by atoms with van der Waals surface area (Å²) in [6.07, 6.45) is 1.99. The van der Waals surface area contributed by atoms with Gasteiger partial charge in [0.1, 0.15) is 0 Å². The number of aromatic nitrogens is 1. The van der Waals surface area contributed by atoms with E-state index in [1.807, 2.05) is 11.8 Å². The summed E-state index contributed by atoms with van der Waals surface area (Å²) in [5.41, 5.74) is 1.10. The van der Waals surface area contributed by atoms with Crippen molar-refractivity contribution in [2.24, 2.45) is 4.99 Å². The zero-order valence-corrected chi connectivity index (χ0v) is 17.9. The van der Waals surface area contributed by atoms with Crippen LogP contribution in [0.2, 0.25) is 0 Å². The molecule has 0 radical (unpaired) electrons. The Morgan fingerprint density at radius 3 is 2.54 bits per heavy atom. The summed E-state index contributed by atoms with van der Waals surface area (Å²) in [7, 11) is 0. The van der Waals surface area contributed by atoms with Crippen LogP contribution in [0.1, 0.15) is 31.0 Å². The predicted molar refractivity (Wildman–Crippen MR) is 110 cm³/mol. The van der Waals surface area contributed by atoms with Crippen molar-refractivity contribution in [3.8, 4) is 0 Å². The molecule has 0 saturated carbocycles. The average molecular weight is 465 g/mol. The van der Waals surface area contributed by atoms with Crippen LogP contribution < -0.4 is 5.32 Å². The van der Waals surface area contributed by atoms with Gasteiger partial charge in [0.15, 0.2) is 5.96 Å². The third-order valence-electron chi connectivity index (χ3n) is 3.84. The van der Waals surface area contributed by atoms with E-state index in [1.54, 1.807) is 18.3 Å². The van der Waals surface area contributed by atoms with E-state index in [0.717, 1.165) is 63.8 Å². The summed E-state index contributed by atoms with van der Waals surface area (Å²) < 4.78 is 0. The highest BCUT2D eigenvalue weighted by atomic mass is 127. The zero-order valence-electron chi connectivity index (χ0n) is 14.7. The van der Waals surface area contributed by atoms with E-state index in [-0.39, 0.29) is 29.9 Å². The van der Waals surface area contributed by atoms with Crippen molar-refractivity contribution in [3.05, 3.63) is 16.1 Å². The Labute approximate surface area is 165 Å². The number of guanidine groups is 1. The number of aliphatic imine (C=N–C) groups is 1. The van der Waals surface area contributed by atoms with Gasteiger partial charge in [0.2, 0.25) is 5.91 Å². The Hall–Kier alpha value is -0.900. The smallest absolute Gasteiger partial charge is 0.219 e. The third-order valence-corrected chi connectivity index (χ3v) is 4.86. The molecule has 24 heavy (non-hydrogen) atoms. The monoisotopic (exact) mass is 465 g/mol. The summed E-state index contributed by atoms with van der Waals surface area (Å²) in [4.78, 5) is 24.8. The molecule has 1 fully saturated rings. The molecule has 0 spiro atoms. The van der Waals surface area contributed by atoms with Crippen molar-refractivity contribution < 1.29 is 4.79 Å². The molecule has 0 aromatic carbocycles. The number of rotatable bonds is 5. The maximum atomic E-state index is 11.4. The first-order valence-electron chi connectivity index (χ1n) is 8.30. The van der Waals surface area contributed by atoms with Crippen molar-refractivity contribution >= 4 is 47.2 Å². The van der Waals surface area contributed by atoms with Gasteiger partial charge < -0.3 is 15.1 Å². The van der Waals surface area contributed by atoms with Crippen LogP contribution in [0.4, 0.5) is 0 Å². The summed E-state index contributed by atoms with van der Waals surface area (Å²) in [5.74, 6) is 1.12. The van der Waals surface area contributed by atoms with Crippen LogP contribution in [0.3, 0.4) is 0 Å². The molecule has 136 valence electrons. The fraction of sp³-hybridized carbons (Fsp3) is 0.688. The maximum absolute atomic E-state index is 11.4. The SMILES string of the molecule is CCNC(=NCCCc1nc(C)cs1)N1CCN(C(C)=O)CC1.I. The van der Waals surface area contributed by atoms with Gasteiger partial charge in [0.25, 0.3) is 0 Å². The first-order valence-corrected chi connectivity index (χ1v) is 9.18. The number of thiazole rings is 1. The number of halogens is 1. The van der Waals surface area contributed by atoms with E-state index in [0.29, 0.717) is 0 Å². The number of nitrogens with one attached hydrogen (secondary N) is 1. The molecule has 0 atom stereocenters. The summed E-state index contributed by atoms with van der Waals surface area (Å²) in [6.45, 7) is 10.6. The summed E-state index contributed by atoms with van der Waals surface area (Å²) >= 11 is 1.73. The largest absolute Gasteiger partial charge is 0.357 e. The van der Waals surface area contributed by atoms with Gasteiger partial charge in [-0.05, 0) is 20.3 Å². The van der Waals surface area contributed by atoms with Crippen LogP contribution in [0.25, 0.3) is 0 Å². The van der Waals surface area contributed by atoms with Crippen LogP contribution in [0.5, 0.6) is 0 Å². The first-order chi connectivity index (χ1) is 11.1. The van der Waals surface area contributed by atoms with Crippen LogP contribution in [0, 0.1) is 6.92 Å². The normalized spacial score (nSPS) is 15.2. The molecule has 0 bridgehead atoms. The van der Waals surface area contributed by atoms with Gasteiger partial charge in [0.05, 0.1) is 5.01 Å². The van der Waals surface area contributed by atoms with Crippen LogP contribution >= 0.6 is 35.3 Å². The lowest BCUT2D eigenvalue weighted by molar-refractivity contribution is -0.130. The molecule has 1 saturated heterocycles. The standard InChI is InChI=1S/C16H27N5OS.HI/c1-4-17-16(21-10-8-20(9-11-21)14(3)22)18-7-5-6-15-19-13(2)12-23-15;/h12H,4-11H2,1-3H3,(H,17,18);1H. The lowest BCUT2D eigenvalue weighted by Crippen LogP contribution is -2.53. The van der Waals surface area contributed by atoms with E-state index < -0.39 is 0 Å². The molecule has 8 heteroatoms. The molecule has 1 aliphatic heterocycles. The highest BCUT2D eigenvalue weighted by molar-refractivity contribution is 14.0. The lowest BCUT2D eigenvalue weighted by atomic mass is 10.3. The maximum Gasteiger partial charge on any atom is 0.219 e. The number of aryl methyl sites for hydroxylation is 2. The molecule has 1 aliphatic rings. The van der Waals surface area contributed by atoms with Crippen molar-refractivity contribution in [3.63, 3.8) is 0 Å². The van der Waals surface area contributed by atoms with Gasteiger partial charge in [0, 0.05) is 63.7 Å². The number of piperazine rings is 1. The Kier molecular flexibility index (Phi) is 9.57. The number of nitrogens with zero attached hydrogens (tertiary/aromatic N) is 4. The quantitative estimate of drug-likeness (QED) is 0.313. The highest BCUT2D eigenvalue weighted by Gasteiger charge is 2.20. The second-order valence-electron chi connectivity index (χ2n) is 5.71. The molecular formula is C16H28IN5OS. The third kappa shape index (κ3) is 6.54. The topological polar surface area (TPSA) is 60.8 Å². The molecule has 2 rings (SSSR count). The summed E-state index contributed by atoms with van der Waals surface area (Å²) in [6, 6.07) is 0. The number of hydrogen-bond donors (Lipinski definition) is 1. The minimum Gasteiger partial charge on any atom is -0.357 e. The summed E-state index contributed by atoms with van der Waals surface area (Å²) in [5, 5.41) is 6.65. The molecule has 2 heterocycles. The van der Waals surface area contributed by atoms with Gasteiger partial charge >= 0.3 is 0 Å². The van der Waals surface area contributed by atoms with Crippen molar-refractivity contribution in [2.75, 3.05) is 39.3 Å². The Balaban J connectivity index is 0.00000288. The van der Waals surface area contributed by atoms with Crippen molar-refractivity contribution in [2.45, 2.75) is 33.6 Å². The molecule has 1 aromatic rings. The minimum atomic E-state index is 0. The Morgan fingerprint density at radius 1 is 1.33 bits per heavy atom. The molecule has 1 aromatic heterocycles. The van der Waals surface area contributed by atoms with Crippen LogP contribution in [-0.2, 0) is 11.2 Å². The van der Waals surface area contributed by atoms with Gasteiger partial charge in [-0.1, -0.05) is 0 Å². The molecule has 6 nitrogen and oxygen atoms in total. The fourth-order valence-corrected chi connectivity index (χ4v) is 3.41. The second-order valence-corrected chi connectivity index (χ2v) is 6.66. The molecule has 0 aliphatic carbocycles. The number of carbonyl (C=O) groups excluding carboxylic acids is 1. The van der Waals surface area contributed by atoms with E-state index >= 15 is 0 Å². The lowest BCUT2D eigenvalue weighted by Gasteiger charge is -2.36. The van der Waals surface area contributed by atoms with E-state index in [2.05, 4.69) is 27.5 Å². The second kappa shape index (κ2) is 10.9. The van der Waals surface area contributed by atoms with Gasteiger partial charge in [-0.3, -0.25) is 9.79 Å². The Bertz CT molecular complexity index is 540. The average Bonchev–Trinajstić information content (AvgIpc) is 2.96. The first kappa shape index (κ1) is 21.1. The van der Waals surface area contributed by atoms with Crippen LogP contribution in [-0.4, -0.2) is 65.9 Å². The van der Waals surface area contributed by atoms with Gasteiger partial charge in [-0.15, -0.1) is 35.3 Å². The minimum absolute atomic E-state index is 0. The molecular weight excluding hydrogens is 437 g/mol. The molecule has 1 amide bonds. The van der Waals surface area contributed by atoms with E-state index in [1.165, 1.54) is 5.01 Å². The van der Waals surface area contributed by atoms with Crippen LogP contribution in [0.15, 0.2) is 10.4 Å². The van der Waals surface area contributed by atoms with E-state index in [4.69, 9.17) is 4.99 Å². The molecule has 0 unspecified atom stereocenters. The van der Waals surface area contributed by atoms with Crippen molar-refractivity contribution in [1.29, 1.82) is 0 Å². The predicted octanol–water partition coefficient (Wildman–Crippen LogP) is 2.13. The number of carbonyl (C=O) groups is 1. The van der Waals surface area contributed by atoms with E-state index in [9.17, 15) is 4.79 Å². The fourth-order valence-electron chi connectivity index (χ4n) is 2.59. The number of amides is 1. The molecule has 1 N–H and O–H groups in total. The highest BCUT2D eigenvalue weighted by Crippen LogP contribution is 2.11. The van der Waals surface area contributed by atoms with Gasteiger partial charge in [-0.2, -0.15) is 0 Å². The zero-order chi connectivity index (χ0) is 16.7. The Morgan fingerprint density at radius 2 is 2.00 bits per heavy atom. The number of hydrogen-bond acceptors (Lipinski definition) is 4. The van der Waals surface area contributed by atoms with Gasteiger partial charge in [-0.25, -0.2) is 4.98 Å².